The molecule has 0 saturated carbocycles. The first-order valence-electron chi connectivity index (χ1n) is 8.58. The molecule has 4 rings (SSSR count). The molecule has 2 heterocycles. The van der Waals surface area contributed by atoms with E-state index in [0.29, 0.717) is 17.0 Å². The number of methoxy groups -OCH3 is 1. The summed E-state index contributed by atoms with van der Waals surface area (Å²) in [6.45, 7) is 0. The van der Waals surface area contributed by atoms with E-state index >= 15 is 0 Å². The number of nitrogens with one attached hydrogen (secondary N) is 1. The zero-order valence-electron chi connectivity index (χ0n) is 14.8. The lowest BCUT2D eigenvalue weighted by molar-refractivity contribution is 0.0576. The van der Waals surface area contributed by atoms with E-state index < -0.39 is 6.23 Å². The van der Waals surface area contributed by atoms with Crippen molar-refractivity contribution in [2.75, 3.05) is 7.11 Å². The molecule has 0 saturated heterocycles. The highest BCUT2D eigenvalue weighted by atomic mass is 16.5. The number of pyridine rings is 1. The fourth-order valence-corrected chi connectivity index (χ4v) is 3.02. The second-order valence-electron chi connectivity index (χ2n) is 6.05. The summed E-state index contributed by atoms with van der Waals surface area (Å²) in [5.41, 5.74) is 2.73. The van der Waals surface area contributed by atoms with Crippen LogP contribution in [0.15, 0.2) is 83.5 Å². The molecule has 4 aromatic rings. The van der Waals surface area contributed by atoms with Crippen molar-refractivity contribution in [1.29, 1.82) is 0 Å². The van der Waals surface area contributed by atoms with Gasteiger partial charge in [0.25, 0.3) is 5.91 Å². The Labute approximate surface area is 156 Å². The van der Waals surface area contributed by atoms with E-state index in [-0.39, 0.29) is 5.91 Å². The Morgan fingerprint density at radius 2 is 1.81 bits per heavy atom. The molecule has 1 unspecified atom stereocenters. The molecule has 27 heavy (non-hydrogen) atoms. The molecule has 1 atom stereocenters. The Bertz CT molecular complexity index is 1060. The molecule has 0 aliphatic heterocycles. The standard InChI is InChI=1S/C22H18N2O3/c1-26-22(15-8-3-2-4-9-15)24-21(25)17-14-19(20-12-7-13-27-20)23-18-11-6-5-10-16(17)18/h2-14,22H,1H3,(H,24,25). The maximum atomic E-state index is 13.1. The highest BCUT2D eigenvalue weighted by molar-refractivity contribution is 6.07. The summed E-state index contributed by atoms with van der Waals surface area (Å²) in [6, 6.07) is 22.5. The summed E-state index contributed by atoms with van der Waals surface area (Å²) in [5.74, 6) is 0.373. The van der Waals surface area contributed by atoms with Gasteiger partial charge < -0.3 is 14.5 Å². The van der Waals surface area contributed by atoms with Crippen LogP contribution in [0.4, 0.5) is 0 Å². The van der Waals surface area contributed by atoms with Gasteiger partial charge >= 0.3 is 0 Å². The number of amides is 1. The summed E-state index contributed by atoms with van der Waals surface area (Å²) in [7, 11) is 1.57. The molecule has 0 bridgehead atoms. The predicted octanol–water partition coefficient (Wildman–Crippen LogP) is 4.57. The molecule has 1 N–H and O–H groups in total. The first-order valence-corrected chi connectivity index (χ1v) is 8.58. The minimum absolute atomic E-state index is 0.239. The monoisotopic (exact) mass is 358 g/mol. The molecular weight excluding hydrogens is 340 g/mol. The van der Waals surface area contributed by atoms with E-state index in [2.05, 4.69) is 10.3 Å². The number of furan rings is 1. The van der Waals surface area contributed by atoms with Crippen molar-refractivity contribution in [3.8, 4) is 11.5 Å². The Kier molecular flexibility index (Phi) is 4.68. The number of rotatable bonds is 5. The van der Waals surface area contributed by atoms with Crippen LogP contribution in [0.1, 0.15) is 22.1 Å². The molecule has 5 nitrogen and oxygen atoms in total. The van der Waals surface area contributed by atoms with Gasteiger partial charge in [0, 0.05) is 18.1 Å². The van der Waals surface area contributed by atoms with Crippen LogP contribution >= 0.6 is 0 Å². The van der Waals surface area contributed by atoms with Crippen molar-refractivity contribution < 1.29 is 13.9 Å². The molecule has 2 aromatic carbocycles. The van der Waals surface area contributed by atoms with Gasteiger partial charge in [0.1, 0.15) is 5.69 Å². The lowest BCUT2D eigenvalue weighted by atomic mass is 10.1. The van der Waals surface area contributed by atoms with Crippen molar-refractivity contribution in [3.05, 3.63) is 90.2 Å². The third kappa shape index (κ3) is 3.45. The van der Waals surface area contributed by atoms with Crippen molar-refractivity contribution in [1.82, 2.24) is 10.3 Å². The first kappa shape index (κ1) is 17.0. The normalized spacial score (nSPS) is 12.0. The molecule has 5 heteroatoms. The number of hydrogen-bond acceptors (Lipinski definition) is 4. The van der Waals surface area contributed by atoms with Gasteiger partial charge in [-0.25, -0.2) is 4.98 Å². The number of hydrogen-bond donors (Lipinski definition) is 1. The van der Waals surface area contributed by atoms with Gasteiger partial charge in [-0.2, -0.15) is 0 Å². The zero-order chi connectivity index (χ0) is 18.6. The number of carbonyl (C=O) groups excluding carboxylic acids is 1. The molecule has 0 spiro atoms. The van der Waals surface area contributed by atoms with Crippen LogP contribution in [0.2, 0.25) is 0 Å². The van der Waals surface area contributed by atoms with Crippen LogP contribution in [0.25, 0.3) is 22.4 Å². The third-order valence-corrected chi connectivity index (χ3v) is 4.33. The van der Waals surface area contributed by atoms with Crippen LogP contribution < -0.4 is 5.32 Å². The minimum Gasteiger partial charge on any atom is -0.463 e. The van der Waals surface area contributed by atoms with E-state index in [4.69, 9.17) is 9.15 Å². The molecule has 0 aliphatic carbocycles. The van der Waals surface area contributed by atoms with E-state index in [9.17, 15) is 4.79 Å². The van der Waals surface area contributed by atoms with Crippen LogP contribution in [-0.2, 0) is 4.74 Å². The van der Waals surface area contributed by atoms with Gasteiger partial charge in [0.2, 0.25) is 0 Å². The highest BCUT2D eigenvalue weighted by Crippen LogP contribution is 2.26. The average Bonchev–Trinajstić information content (AvgIpc) is 3.26. The largest absolute Gasteiger partial charge is 0.463 e. The lowest BCUT2D eigenvalue weighted by Gasteiger charge is -2.18. The Hall–Kier alpha value is -3.44. The molecular formula is C22H18N2O3. The van der Waals surface area contributed by atoms with E-state index in [1.165, 1.54) is 0 Å². The van der Waals surface area contributed by atoms with Crippen LogP contribution in [0.3, 0.4) is 0 Å². The zero-order valence-corrected chi connectivity index (χ0v) is 14.8. The quantitative estimate of drug-likeness (QED) is 0.531. The topological polar surface area (TPSA) is 64.4 Å². The number of fused-ring (bicyclic) bond motifs is 1. The Morgan fingerprint density at radius 3 is 2.56 bits per heavy atom. The smallest absolute Gasteiger partial charge is 0.254 e. The van der Waals surface area contributed by atoms with Crippen molar-refractivity contribution in [2.24, 2.45) is 0 Å². The Morgan fingerprint density at radius 1 is 1.04 bits per heavy atom. The molecule has 0 aliphatic rings. The number of ether oxygens (including phenoxy) is 1. The van der Waals surface area contributed by atoms with Crippen molar-refractivity contribution >= 4 is 16.8 Å². The number of aromatic nitrogens is 1. The average molecular weight is 358 g/mol. The summed E-state index contributed by atoms with van der Waals surface area (Å²) < 4.78 is 10.9. The first-order chi connectivity index (χ1) is 13.3. The SMILES string of the molecule is COC(NC(=O)c1cc(-c2ccco2)nc2ccccc12)c1ccccc1. The minimum atomic E-state index is -0.544. The fourth-order valence-electron chi connectivity index (χ4n) is 3.02. The summed E-state index contributed by atoms with van der Waals surface area (Å²) in [5, 5.41) is 3.72. The maximum Gasteiger partial charge on any atom is 0.254 e. The van der Waals surface area contributed by atoms with Crippen molar-refractivity contribution in [3.63, 3.8) is 0 Å². The van der Waals surface area contributed by atoms with Crippen LogP contribution in [0.5, 0.6) is 0 Å². The van der Waals surface area contributed by atoms with Gasteiger partial charge in [0.15, 0.2) is 12.0 Å². The number of benzene rings is 2. The number of para-hydroxylation sites is 1. The van der Waals surface area contributed by atoms with Crippen LogP contribution in [-0.4, -0.2) is 18.0 Å². The second-order valence-corrected chi connectivity index (χ2v) is 6.05. The summed E-state index contributed by atoms with van der Waals surface area (Å²) >= 11 is 0. The highest BCUT2D eigenvalue weighted by Gasteiger charge is 2.19. The molecule has 0 fully saturated rings. The fraction of sp³-hybridized carbons (Fsp3) is 0.0909. The molecule has 134 valence electrons. The molecule has 2 aromatic heterocycles. The maximum absolute atomic E-state index is 13.1. The molecule has 0 radical (unpaired) electrons. The third-order valence-electron chi connectivity index (χ3n) is 4.33. The number of nitrogens with zero attached hydrogens (tertiary/aromatic N) is 1. The summed E-state index contributed by atoms with van der Waals surface area (Å²) in [6.07, 6.45) is 1.04. The van der Waals surface area contributed by atoms with Gasteiger partial charge in [-0.15, -0.1) is 0 Å². The molecule has 1 amide bonds. The number of carbonyl (C=O) groups is 1. The second kappa shape index (κ2) is 7.43. The Balaban J connectivity index is 1.74. The van der Waals surface area contributed by atoms with Gasteiger partial charge in [-0.05, 0) is 24.3 Å². The van der Waals surface area contributed by atoms with Crippen LogP contribution in [0, 0.1) is 0 Å². The van der Waals surface area contributed by atoms with E-state index in [0.717, 1.165) is 16.5 Å². The van der Waals surface area contributed by atoms with Crippen molar-refractivity contribution in [2.45, 2.75) is 6.23 Å². The van der Waals surface area contributed by atoms with Gasteiger partial charge in [-0.1, -0.05) is 48.5 Å². The van der Waals surface area contributed by atoms with Gasteiger partial charge in [0.05, 0.1) is 17.3 Å². The van der Waals surface area contributed by atoms with E-state index in [1.54, 1.807) is 25.5 Å². The summed E-state index contributed by atoms with van der Waals surface area (Å²) in [4.78, 5) is 17.7. The predicted molar refractivity (Wildman–Crippen MR) is 103 cm³/mol. The van der Waals surface area contributed by atoms with E-state index in [1.807, 2.05) is 60.7 Å². The van der Waals surface area contributed by atoms with Gasteiger partial charge in [-0.3, -0.25) is 4.79 Å². The lowest BCUT2D eigenvalue weighted by Crippen LogP contribution is -2.30.